The summed E-state index contributed by atoms with van der Waals surface area (Å²) in [5.41, 5.74) is 1.52. The number of amides is 1. The standard InChI is InChI=1S/C18H18FNO3/c19-13-5-1-11(2-6-13)16(22)10-9-15-17(18(23)20-15)12-3-7-14(21)8-4-12/h1-8,15-17,21-22H,9-10H2,(H,20,23)/t15-,16-,17+/m0/s1. The molecule has 2 aromatic carbocycles. The van der Waals surface area contributed by atoms with Gasteiger partial charge in [-0.2, -0.15) is 0 Å². The second-order valence-electron chi connectivity index (χ2n) is 5.83. The van der Waals surface area contributed by atoms with E-state index in [2.05, 4.69) is 5.32 Å². The molecule has 3 N–H and O–H groups in total. The highest BCUT2D eigenvalue weighted by atomic mass is 19.1. The number of hydrogen-bond donors (Lipinski definition) is 3. The molecule has 0 radical (unpaired) electrons. The van der Waals surface area contributed by atoms with Gasteiger partial charge in [-0.05, 0) is 48.2 Å². The van der Waals surface area contributed by atoms with E-state index >= 15 is 0 Å². The van der Waals surface area contributed by atoms with Gasteiger partial charge in [0.05, 0.1) is 12.0 Å². The number of rotatable bonds is 5. The summed E-state index contributed by atoms with van der Waals surface area (Å²) in [7, 11) is 0. The fourth-order valence-electron chi connectivity index (χ4n) is 2.94. The lowest BCUT2D eigenvalue weighted by Crippen LogP contribution is -2.56. The molecule has 1 heterocycles. The van der Waals surface area contributed by atoms with Crippen LogP contribution in [-0.4, -0.2) is 22.2 Å². The Labute approximate surface area is 133 Å². The zero-order valence-electron chi connectivity index (χ0n) is 12.4. The first kappa shape index (κ1) is 15.5. The quantitative estimate of drug-likeness (QED) is 0.743. The maximum Gasteiger partial charge on any atom is 0.229 e. The monoisotopic (exact) mass is 315 g/mol. The summed E-state index contributed by atoms with van der Waals surface area (Å²) in [5, 5.41) is 22.3. The minimum absolute atomic E-state index is 0.0397. The molecule has 1 fully saturated rings. The van der Waals surface area contributed by atoms with E-state index < -0.39 is 6.10 Å². The van der Waals surface area contributed by atoms with Gasteiger partial charge >= 0.3 is 0 Å². The number of aliphatic hydroxyl groups excluding tert-OH is 1. The summed E-state index contributed by atoms with van der Waals surface area (Å²) in [6.45, 7) is 0. The van der Waals surface area contributed by atoms with Crippen molar-refractivity contribution in [2.24, 2.45) is 0 Å². The minimum atomic E-state index is -0.687. The summed E-state index contributed by atoms with van der Waals surface area (Å²) in [6, 6.07) is 12.3. The fourth-order valence-corrected chi connectivity index (χ4v) is 2.94. The normalized spacial score (nSPS) is 21.4. The topological polar surface area (TPSA) is 69.6 Å². The second-order valence-corrected chi connectivity index (χ2v) is 5.83. The summed E-state index contributed by atoms with van der Waals surface area (Å²) >= 11 is 0. The summed E-state index contributed by atoms with van der Waals surface area (Å²) < 4.78 is 12.9. The molecule has 0 saturated carbocycles. The van der Waals surface area contributed by atoms with E-state index in [0.717, 1.165) is 5.56 Å². The van der Waals surface area contributed by atoms with Crippen LogP contribution in [0.5, 0.6) is 5.75 Å². The van der Waals surface area contributed by atoms with Gasteiger partial charge < -0.3 is 15.5 Å². The van der Waals surface area contributed by atoms with Crippen molar-refractivity contribution < 1.29 is 19.4 Å². The number of hydrogen-bond acceptors (Lipinski definition) is 3. The molecular formula is C18H18FNO3. The van der Waals surface area contributed by atoms with Crippen molar-refractivity contribution in [3.63, 3.8) is 0 Å². The van der Waals surface area contributed by atoms with E-state index in [1.165, 1.54) is 12.1 Å². The molecule has 1 amide bonds. The number of phenols is 1. The van der Waals surface area contributed by atoms with Crippen molar-refractivity contribution in [1.29, 1.82) is 0 Å². The van der Waals surface area contributed by atoms with Crippen LogP contribution < -0.4 is 5.32 Å². The molecule has 120 valence electrons. The lowest BCUT2D eigenvalue weighted by Gasteiger charge is -2.37. The molecule has 0 aromatic heterocycles. The van der Waals surface area contributed by atoms with E-state index in [0.29, 0.717) is 18.4 Å². The number of aromatic hydroxyl groups is 1. The van der Waals surface area contributed by atoms with Gasteiger partial charge in [-0.15, -0.1) is 0 Å². The second kappa shape index (κ2) is 6.38. The Hall–Kier alpha value is -2.40. The van der Waals surface area contributed by atoms with Gasteiger partial charge in [0, 0.05) is 6.04 Å². The minimum Gasteiger partial charge on any atom is -0.508 e. The molecule has 0 spiro atoms. The third-order valence-electron chi connectivity index (χ3n) is 4.27. The largest absolute Gasteiger partial charge is 0.508 e. The first-order valence-electron chi connectivity index (χ1n) is 7.57. The maximum absolute atomic E-state index is 12.9. The number of carbonyl (C=O) groups is 1. The Morgan fingerprint density at radius 1 is 1.09 bits per heavy atom. The zero-order valence-corrected chi connectivity index (χ0v) is 12.4. The smallest absolute Gasteiger partial charge is 0.229 e. The van der Waals surface area contributed by atoms with Crippen molar-refractivity contribution in [1.82, 2.24) is 5.32 Å². The lowest BCUT2D eigenvalue weighted by molar-refractivity contribution is -0.131. The van der Waals surface area contributed by atoms with Gasteiger partial charge in [-0.3, -0.25) is 4.79 Å². The predicted octanol–water partition coefficient (Wildman–Crippen LogP) is 2.63. The number of β-lactam (4-membered cyclic amide) rings is 1. The van der Waals surface area contributed by atoms with E-state index in [9.17, 15) is 19.4 Å². The van der Waals surface area contributed by atoms with Crippen LogP contribution in [0.15, 0.2) is 48.5 Å². The molecular weight excluding hydrogens is 297 g/mol. The van der Waals surface area contributed by atoms with Gasteiger partial charge in [0.25, 0.3) is 0 Å². The molecule has 0 bridgehead atoms. The Morgan fingerprint density at radius 2 is 1.74 bits per heavy atom. The highest BCUT2D eigenvalue weighted by Crippen LogP contribution is 2.32. The van der Waals surface area contributed by atoms with Crippen LogP contribution in [0.4, 0.5) is 4.39 Å². The first-order valence-corrected chi connectivity index (χ1v) is 7.57. The van der Waals surface area contributed by atoms with Gasteiger partial charge in [-0.25, -0.2) is 4.39 Å². The van der Waals surface area contributed by atoms with Crippen LogP contribution >= 0.6 is 0 Å². The first-order chi connectivity index (χ1) is 11.0. The number of benzene rings is 2. The van der Waals surface area contributed by atoms with Crippen LogP contribution in [-0.2, 0) is 4.79 Å². The third kappa shape index (κ3) is 3.35. The maximum atomic E-state index is 12.9. The molecule has 1 aliphatic rings. The molecule has 0 aliphatic carbocycles. The van der Waals surface area contributed by atoms with Crippen molar-refractivity contribution in [3.05, 3.63) is 65.5 Å². The Balaban J connectivity index is 1.60. The average Bonchev–Trinajstić information content (AvgIpc) is 2.53. The van der Waals surface area contributed by atoms with Crippen LogP contribution in [0.2, 0.25) is 0 Å². The van der Waals surface area contributed by atoms with E-state index in [1.54, 1.807) is 36.4 Å². The Morgan fingerprint density at radius 3 is 2.35 bits per heavy atom. The average molecular weight is 315 g/mol. The zero-order chi connectivity index (χ0) is 16.4. The van der Waals surface area contributed by atoms with Gasteiger partial charge in [-0.1, -0.05) is 24.3 Å². The van der Waals surface area contributed by atoms with Crippen LogP contribution in [0.25, 0.3) is 0 Å². The number of nitrogens with one attached hydrogen (secondary N) is 1. The van der Waals surface area contributed by atoms with Gasteiger partial charge in [0.1, 0.15) is 11.6 Å². The third-order valence-corrected chi connectivity index (χ3v) is 4.27. The SMILES string of the molecule is O=C1N[C@@H](CC[C@H](O)c2ccc(F)cc2)[C@H]1c1ccc(O)cc1. The number of carbonyl (C=O) groups excluding carboxylic acids is 1. The molecule has 5 heteroatoms. The van der Waals surface area contributed by atoms with Crippen molar-refractivity contribution in [3.8, 4) is 5.75 Å². The van der Waals surface area contributed by atoms with Crippen LogP contribution in [0.3, 0.4) is 0 Å². The Kier molecular flexibility index (Phi) is 4.30. The number of aliphatic hydroxyl groups is 1. The van der Waals surface area contributed by atoms with Crippen LogP contribution in [0, 0.1) is 5.82 Å². The summed E-state index contributed by atoms with van der Waals surface area (Å²) in [4.78, 5) is 11.8. The molecule has 2 aromatic rings. The van der Waals surface area contributed by atoms with E-state index in [4.69, 9.17) is 0 Å². The predicted molar refractivity (Wildman–Crippen MR) is 83.4 cm³/mol. The fraction of sp³-hybridized carbons (Fsp3) is 0.278. The number of halogens is 1. The molecule has 1 saturated heterocycles. The molecule has 4 nitrogen and oxygen atoms in total. The van der Waals surface area contributed by atoms with E-state index in [-0.39, 0.29) is 29.4 Å². The molecule has 23 heavy (non-hydrogen) atoms. The molecule has 3 rings (SSSR count). The molecule has 3 atom stereocenters. The van der Waals surface area contributed by atoms with E-state index in [1.807, 2.05) is 0 Å². The van der Waals surface area contributed by atoms with Gasteiger partial charge in [0.15, 0.2) is 0 Å². The summed E-state index contributed by atoms with van der Waals surface area (Å²) in [6.07, 6.45) is 0.412. The molecule has 0 unspecified atom stereocenters. The molecule has 1 aliphatic heterocycles. The van der Waals surface area contributed by atoms with Crippen LogP contribution in [0.1, 0.15) is 36.0 Å². The van der Waals surface area contributed by atoms with Gasteiger partial charge in [0.2, 0.25) is 5.91 Å². The number of phenolic OH excluding ortho intramolecular Hbond substituents is 1. The highest BCUT2D eigenvalue weighted by Gasteiger charge is 2.40. The Bertz CT molecular complexity index is 684. The highest BCUT2D eigenvalue weighted by molar-refractivity contribution is 5.90. The lowest BCUT2D eigenvalue weighted by atomic mass is 9.81. The van der Waals surface area contributed by atoms with Crippen molar-refractivity contribution in [2.75, 3.05) is 0 Å². The summed E-state index contributed by atoms with van der Waals surface area (Å²) in [5.74, 6) is -0.468. The van der Waals surface area contributed by atoms with Crippen molar-refractivity contribution in [2.45, 2.75) is 30.9 Å². The van der Waals surface area contributed by atoms with Crippen molar-refractivity contribution >= 4 is 5.91 Å².